The molecule has 3 rings (SSSR count). The Bertz CT molecular complexity index is 640. The van der Waals surface area contributed by atoms with Crippen LogP contribution in [0.5, 0.6) is 0 Å². The van der Waals surface area contributed by atoms with Gasteiger partial charge in [0.2, 0.25) is 0 Å². The van der Waals surface area contributed by atoms with Crippen LogP contribution in [-0.4, -0.2) is 34.1 Å². The van der Waals surface area contributed by atoms with Gasteiger partial charge in [0, 0.05) is 37.9 Å². The third-order valence-electron chi connectivity index (χ3n) is 4.80. The molecule has 2 heterocycles. The largest absolute Gasteiger partial charge is 0.328 e. The van der Waals surface area contributed by atoms with E-state index in [-0.39, 0.29) is 11.2 Å². The summed E-state index contributed by atoms with van der Waals surface area (Å²) in [5, 5.41) is 0. The van der Waals surface area contributed by atoms with E-state index in [1.54, 1.807) is 6.92 Å². The molecule has 2 atom stereocenters. The number of aromatic amines is 1. The van der Waals surface area contributed by atoms with E-state index >= 15 is 0 Å². The van der Waals surface area contributed by atoms with Gasteiger partial charge < -0.3 is 9.88 Å². The van der Waals surface area contributed by atoms with Crippen LogP contribution < -0.4 is 11.2 Å². The van der Waals surface area contributed by atoms with Gasteiger partial charge in [-0.1, -0.05) is 11.6 Å². The molecule has 1 aliphatic heterocycles. The third-order valence-corrected chi connectivity index (χ3v) is 4.80. The average Bonchev–Trinajstić information content (AvgIpc) is 2.79. The number of aromatic nitrogens is 2. The number of nitrogens with one attached hydrogen (secondary N) is 1. The topological polar surface area (TPSA) is 58.1 Å². The molecule has 1 saturated heterocycles. The van der Waals surface area contributed by atoms with Crippen molar-refractivity contribution in [2.75, 3.05) is 19.6 Å². The quantitative estimate of drug-likeness (QED) is 0.849. The van der Waals surface area contributed by atoms with Crippen LogP contribution in [0.25, 0.3) is 0 Å². The van der Waals surface area contributed by atoms with Crippen molar-refractivity contribution in [2.45, 2.75) is 33.2 Å². The van der Waals surface area contributed by atoms with Crippen LogP contribution in [0.4, 0.5) is 0 Å². The lowest BCUT2D eigenvalue weighted by Crippen LogP contribution is -2.38. The smallest absolute Gasteiger partial charge is 0.311 e. The second-order valence-corrected chi connectivity index (χ2v) is 6.52. The zero-order valence-electron chi connectivity index (χ0n) is 12.8. The molecule has 114 valence electrons. The molecule has 21 heavy (non-hydrogen) atoms. The Kier molecular flexibility index (Phi) is 3.85. The number of allylic oxidation sites excluding steroid dienone is 2. The molecule has 0 radical (unpaired) electrons. The van der Waals surface area contributed by atoms with Crippen molar-refractivity contribution in [3.8, 4) is 0 Å². The predicted octanol–water partition coefficient (Wildman–Crippen LogP) is 1.13. The van der Waals surface area contributed by atoms with Crippen LogP contribution in [-0.2, 0) is 6.54 Å². The fourth-order valence-electron chi connectivity index (χ4n) is 3.65. The number of hydrogen-bond donors (Lipinski definition) is 1. The number of fused-ring (bicyclic) bond motifs is 1. The molecule has 0 amide bonds. The molecule has 0 spiro atoms. The maximum atomic E-state index is 11.9. The molecular weight excluding hydrogens is 266 g/mol. The van der Waals surface area contributed by atoms with E-state index in [9.17, 15) is 9.59 Å². The summed E-state index contributed by atoms with van der Waals surface area (Å²) in [5.41, 5.74) is 1.62. The monoisotopic (exact) mass is 289 g/mol. The first kappa shape index (κ1) is 14.3. The molecule has 1 fully saturated rings. The SMILES string of the molecule is CC1=CC[C@@H]2CN(CCn3c(=O)cc(C)[nH]c3=O)C[C@@H]2C1. The van der Waals surface area contributed by atoms with Gasteiger partial charge in [-0.25, -0.2) is 4.79 Å². The first-order valence-corrected chi connectivity index (χ1v) is 7.71. The highest BCUT2D eigenvalue weighted by Gasteiger charge is 2.33. The van der Waals surface area contributed by atoms with E-state index in [2.05, 4.69) is 22.9 Å². The highest BCUT2D eigenvalue weighted by molar-refractivity contribution is 5.08. The van der Waals surface area contributed by atoms with Gasteiger partial charge in [-0.05, 0) is 38.5 Å². The summed E-state index contributed by atoms with van der Waals surface area (Å²) < 4.78 is 1.30. The van der Waals surface area contributed by atoms with Crippen molar-refractivity contribution < 1.29 is 0 Å². The zero-order valence-corrected chi connectivity index (χ0v) is 12.8. The summed E-state index contributed by atoms with van der Waals surface area (Å²) in [6.07, 6.45) is 4.74. The average molecular weight is 289 g/mol. The lowest BCUT2D eigenvalue weighted by Gasteiger charge is -2.22. The van der Waals surface area contributed by atoms with E-state index in [0.717, 1.165) is 31.5 Å². The number of H-pyrrole nitrogens is 1. The van der Waals surface area contributed by atoms with E-state index in [1.165, 1.54) is 29.0 Å². The van der Waals surface area contributed by atoms with Crippen molar-refractivity contribution in [3.05, 3.63) is 44.2 Å². The minimum Gasteiger partial charge on any atom is -0.311 e. The minimum absolute atomic E-state index is 0.203. The van der Waals surface area contributed by atoms with Crippen molar-refractivity contribution >= 4 is 0 Å². The number of aryl methyl sites for hydroxylation is 1. The van der Waals surface area contributed by atoms with Crippen LogP contribution in [0.1, 0.15) is 25.5 Å². The molecule has 0 saturated carbocycles. The van der Waals surface area contributed by atoms with Crippen molar-refractivity contribution in [2.24, 2.45) is 11.8 Å². The van der Waals surface area contributed by atoms with Crippen molar-refractivity contribution in [1.82, 2.24) is 14.5 Å². The molecule has 1 aliphatic carbocycles. The molecule has 1 N–H and O–H groups in total. The standard InChI is InChI=1S/C16H23N3O2/c1-11-3-4-13-9-18(10-14(13)7-11)5-6-19-15(20)8-12(2)17-16(19)21/h3,8,13-14H,4-7,9-10H2,1-2H3,(H,17,21)/t13-,14+/m1/s1. The lowest BCUT2D eigenvalue weighted by atomic mass is 9.83. The molecular formula is C16H23N3O2. The molecule has 1 aromatic rings. The molecule has 0 bridgehead atoms. The van der Waals surface area contributed by atoms with E-state index in [1.807, 2.05) is 0 Å². The van der Waals surface area contributed by atoms with Crippen LogP contribution in [0.2, 0.25) is 0 Å². The summed E-state index contributed by atoms with van der Waals surface area (Å²) in [4.78, 5) is 28.8. The van der Waals surface area contributed by atoms with Gasteiger partial charge in [-0.3, -0.25) is 9.36 Å². The highest BCUT2D eigenvalue weighted by atomic mass is 16.2. The van der Waals surface area contributed by atoms with Crippen LogP contribution >= 0.6 is 0 Å². The second kappa shape index (κ2) is 5.64. The molecule has 5 heteroatoms. The first-order valence-electron chi connectivity index (χ1n) is 7.71. The maximum absolute atomic E-state index is 11.9. The predicted molar refractivity (Wildman–Crippen MR) is 82.5 cm³/mol. The van der Waals surface area contributed by atoms with Gasteiger partial charge in [0.25, 0.3) is 5.56 Å². The van der Waals surface area contributed by atoms with Crippen LogP contribution in [0.15, 0.2) is 27.3 Å². The number of likely N-dealkylation sites (tertiary alicyclic amines) is 1. The summed E-state index contributed by atoms with van der Waals surface area (Å²) in [7, 11) is 0. The molecule has 0 unspecified atom stereocenters. The van der Waals surface area contributed by atoms with Gasteiger partial charge in [-0.2, -0.15) is 0 Å². The lowest BCUT2D eigenvalue weighted by molar-refractivity contribution is 0.302. The number of rotatable bonds is 3. The Morgan fingerprint density at radius 3 is 2.71 bits per heavy atom. The van der Waals surface area contributed by atoms with Gasteiger partial charge in [-0.15, -0.1) is 0 Å². The Labute approximate surface area is 124 Å². The van der Waals surface area contributed by atoms with Crippen LogP contribution in [0, 0.1) is 18.8 Å². The van der Waals surface area contributed by atoms with Gasteiger partial charge in [0.15, 0.2) is 0 Å². The molecule has 0 aromatic carbocycles. The summed E-state index contributed by atoms with van der Waals surface area (Å²) in [5.74, 6) is 1.50. The van der Waals surface area contributed by atoms with E-state index in [0.29, 0.717) is 12.2 Å². The number of hydrogen-bond acceptors (Lipinski definition) is 3. The summed E-state index contributed by atoms with van der Waals surface area (Å²) in [6.45, 7) is 7.37. The van der Waals surface area contributed by atoms with Gasteiger partial charge >= 0.3 is 5.69 Å². The maximum Gasteiger partial charge on any atom is 0.328 e. The Morgan fingerprint density at radius 2 is 1.95 bits per heavy atom. The Balaban J connectivity index is 1.63. The minimum atomic E-state index is -0.297. The fraction of sp³-hybridized carbons (Fsp3) is 0.625. The second-order valence-electron chi connectivity index (χ2n) is 6.52. The molecule has 1 aromatic heterocycles. The van der Waals surface area contributed by atoms with Gasteiger partial charge in [0.1, 0.15) is 0 Å². The fourth-order valence-corrected chi connectivity index (χ4v) is 3.65. The zero-order chi connectivity index (χ0) is 15.0. The van der Waals surface area contributed by atoms with Crippen LogP contribution in [0.3, 0.4) is 0 Å². The van der Waals surface area contributed by atoms with Gasteiger partial charge in [0.05, 0.1) is 0 Å². The normalized spacial score (nSPS) is 25.7. The van der Waals surface area contributed by atoms with Crippen molar-refractivity contribution in [3.63, 3.8) is 0 Å². The Morgan fingerprint density at radius 1 is 1.19 bits per heavy atom. The summed E-state index contributed by atoms with van der Waals surface area (Å²) >= 11 is 0. The highest BCUT2D eigenvalue weighted by Crippen LogP contribution is 2.35. The van der Waals surface area contributed by atoms with E-state index in [4.69, 9.17) is 0 Å². The van der Waals surface area contributed by atoms with E-state index < -0.39 is 0 Å². The third kappa shape index (κ3) is 3.02. The first-order chi connectivity index (χ1) is 10.0. The van der Waals surface area contributed by atoms with Crippen molar-refractivity contribution in [1.29, 1.82) is 0 Å². The molecule has 2 aliphatic rings. The molecule has 5 nitrogen and oxygen atoms in total. The number of nitrogens with zero attached hydrogens (tertiary/aromatic N) is 2. The summed E-state index contributed by atoms with van der Waals surface area (Å²) in [6, 6.07) is 1.48. The Hall–Kier alpha value is -1.62.